The molecule has 0 saturated carbocycles. The average Bonchev–Trinajstić information content (AvgIpc) is 3.44. The Morgan fingerprint density at radius 3 is 2.34 bits per heavy atom. The van der Waals surface area contributed by atoms with E-state index in [1.807, 2.05) is 12.1 Å². The molecule has 0 N–H and O–H groups in total. The van der Waals surface area contributed by atoms with E-state index >= 15 is 0 Å². The fraction of sp³-hybridized carbons (Fsp3) is 0.174. The zero-order chi connectivity index (χ0) is 22.9. The van der Waals surface area contributed by atoms with Gasteiger partial charge in [0.15, 0.2) is 0 Å². The molecule has 0 radical (unpaired) electrons. The van der Waals surface area contributed by atoms with E-state index in [4.69, 9.17) is 5.26 Å². The molecule has 4 rings (SSSR count). The summed E-state index contributed by atoms with van der Waals surface area (Å²) in [7, 11) is -4.05. The Balaban J connectivity index is 1.77. The lowest BCUT2D eigenvalue weighted by molar-refractivity contribution is -0.122. The van der Waals surface area contributed by atoms with E-state index in [9.17, 15) is 18.0 Å². The molecule has 0 bridgehead atoms. The fourth-order valence-corrected chi connectivity index (χ4v) is 6.66. The highest BCUT2D eigenvalue weighted by atomic mass is 32.2. The van der Waals surface area contributed by atoms with Crippen molar-refractivity contribution in [1.29, 1.82) is 5.26 Å². The minimum atomic E-state index is -4.05. The van der Waals surface area contributed by atoms with E-state index < -0.39 is 33.9 Å². The van der Waals surface area contributed by atoms with Gasteiger partial charge in [-0.05, 0) is 48.2 Å². The second-order valence-corrected chi connectivity index (χ2v) is 10.3. The second-order valence-electron chi connectivity index (χ2n) is 7.30. The van der Waals surface area contributed by atoms with Gasteiger partial charge < -0.3 is 0 Å². The third-order valence-corrected chi connectivity index (χ3v) is 8.73. The molecule has 1 aliphatic rings. The van der Waals surface area contributed by atoms with Crippen LogP contribution in [0.5, 0.6) is 0 Å². The first-order valence-corrected chi connectivity index (χ1v) is 12.2. The maximum absolute atomic E-state index is 13.6. The highest BCUT2D eigenvalue weighted by Gasteiger charge is 2.49. The molecule has 1 aliphatic heterocycles. The summed E-state index contributed by atoms with van der Waals surface area (Å²) in [5.74, 6) is -1.10. The van der Waals surface area contributed by atoms with Gasteiger partial charge in [-0.2, -0.15) is 9.57 Å². The molecule has 3 aromatic rings. The van der Waals surface area contributed by atoms with Gasteiger partial charge in [0.25, 0.3) is 15.9 Å². The van der Waals surface area contributed by atoms with Crippen LogP contribution in [0.15, 0.2) is 76.3 Å². The number of benzene rings is 2. The van der Waals surface area contributed by atoms with Crippen molar-refractivity contribution in [1.82, 2.24) is 4.31 Å². The number of thiophene rings is 1. The number of carbonyl (C=O) groups is 2. The molecular formula is C23H19N3O4S2. The van der Waals surface area contributed by atoms with Crippen LogP contribution >= 0.6 is 11.3 Å². The zero-order valence-electron chi connectivity index (χ0n) is 17.1. The Labute approximate surface area is 190 Å². The van der Waals surface area contributed by atoms with Gasteiger partial charge in [0.2, 0.25) is 5.91 Å². The number of nitriles is 1. The quantitative estimate of drug-likeness (QED) is 0.517. The third kappa shape index (κ3) is 3.84. The number of hydrogen-bond donors (Lipinski definition) is 0. The number of carbonyl (C=O) groups excluding carboxylic acids is 2. The molecular weight excluding hydrogens is 446 g/mol. The Bertz CT molecular complexity index is 1280. The highest BCUT2D eigenvalue weighted by Crippen LogP contribution is 2.36. The molecule has 2 atom stereocenters. The number of rotatable bonds is 6. The van der Waals surface area contributed by atoms with Crippen LogP contribution < -0.4 is 4.90 Å². The normalized spacial score (nSPS) is 17.5. The van der Waals surface area contributed by atoms with Crippen molar-refractivity contribution in [2.24, 2.45) is 0 Å². The molecule has 0 aliphatic carbocycles. The van der Waals surface area contributed by atoms with Gasteiger partial charge >= 0.3 is 0 Å². The first-order chi connectivity index (χ1) is 15.3. The SMILES string of the molecule is CC(c1ccccc1)N(C1CC(=O)N(c2ccc(C#N)cc2)C1=O)S(=O)(=O)c1cccs1. The molecule has 7 nitrogen and oxygen atoms in total. The maximum Gasteiger partial charge on any atom is 0.253 e. The summed E-state index contributed by atoms with van der Waals surface area (Å²) in [6.07, 6.45) is -0.263. The topological polar surface area (TPSA) is 98.5 Å². The van der Waals surface area contributed by atoms with E-state index in [0.29, 0.717) is 16.8 Å². The number of amides is 2. The summed E-state index contributed by atoms with van der Waals surface area (Å²) in [6.45, 7) is 1.71. The second kappa shape index (κ2) is 8.67. The molecule has 32 heavy (non-hydrogen) atoms. The molecule has 2 unspecified atom stereocenters. The minimum absolute atomic E-state index is 0.109. The lowest BCUT2D eigenvalue weighted by Crippen LogP contribution is -2.46. The molecule has 2 aromatic carbocycles. The number of hydrogen-bond acceptors (Lipinski definition) is 6. The first kappa shape index (κ1) is 21.9. The molecule has 1 saturated heterocycles. The van der Waals surface area contributed by atoms with Crippen LogP contribution in [-0.4, -0.2) is 30.6 Å². The van der Waals surface area contributed by atoms with E-state index in [0.717, 1.165) is 20.5 Å². The number of nitrogens with zero attached hydrogens (tertiary/aromatic N) is 3. The van der Waals surface area contributed by atoms with Crippen molar-refractivity contribution < 1.29 is 18.0 Å². The van der Waals surface area contributed by atoms with Crippen molar-refractivity contribution in [3.63, 3.8) is 0 Å². The average molecular weight is 466 g/mol. The molecule has 162 valence electrons. The summed E-state index contributed by atoms with van der Waals surface area (Å²) in [4.78, 5) is 27.3. The third-order valence-electron chi connectivity index (χ3n) is 5.38. The molecule has 1 fully saturated rings. The summed E-state index contributed by atoms with van der Waals surface area (Å²) in [5.41, 5.74) is 1.41. The molecule has 9 heteroatoms. The van der Waals surface area contributed by atoms with Gasteiger partial charge in [-0.3, -0.25) is 9.59 Å². The van der Waals surface area contributed by atoms with Crippen molar-refractivity contribution in [3.05, 3.63) is 83.2 Å². The monoisotopic (exact) mass is 465 g/mol. The molecule has 2 heterocycles. The van der Waals surface area contributed by atoms with Gasteiger partial charge in [-0.25, -0.2) is 13.3 Å². The van der Waals surface area contributed by atoms with E-state index in [-0.39, 0.29) is 10.6 Å². The molecule has 1 aromatic heterocycles. The smallest absolute Gasteiger partial charge is 0.253 e. The lowest BCUT2D eigenvalue weighted by Gasteiger charge is -2.32. The predicted molar refractivity (Wildman–Crippen MR) is 120 cm³/mol. The van der Waals surface area contributed by atoms with Crippen LogP contribution in [0.25, 0.3) is 0 Å². The van der Waals surface area contributed by atoms with Crippen LogP contribution in [-0.2, 0) is 19.6 Å². The van der Waals surface area contributed by atoms with Gasteiger partial charge in [0.1, 0.15) is 10.3 Å². The van der Waals surface area contributed by atoms with Gasteiger partial charge in [0, 0.05) is 6.04 Å². The van der Waals surface area contributed by atoms with Crippen LogP contribution in [0.3, 0.4) is 0 Å². The standard InChI is InChI=1S/C23H19N3O4S2/c1-16(18-6-3-2-4-7-18)26(32(29,30)22-8-5-13-31-22)20-14-21(27)25(23(20)28)19-11-9-17(15-24)10-12-19/h2-13,16,20H,14H2,1H3. The fourth-order valence-electron chi connectivity index (χ4n) is 3.81. The summed E-state index contributed by atoms with van der Waals surface area (Å²) < 4.78 is 28.4. The van der Waals surface area contributed by atoms with E-state index in [2.05, 4.69) is 0 Å². The molecule has 2 amide bonds. The van der Waals surface area contributed by atoms with Crippen molar-refractivity contribution in [3.8, 4) is 6.07 Å². The Kier molecular flexibility index (Phi) is 5.93. The van der Waals surface area contributed by atoms with Crippen molar-refractivity contribution in [2.45, 2.75) is 29.6 Å². The predicted octanol–water partition coefficient (Wildman–Crippen LogP) is 3.70. The Morgan fingerprint density at radius 2 is 1.75 bits per heavy atom. The Morgan fingerprint density at radius 1 is 1.06 bits per heavy atom. The highest BCUT2D eigenvalue weighted by molar-refractivity contribution is 7.91. The van der Waals surface area contributed by atoms with Crippen LogP contribution in [0.4, 0.5) is 5.69 Å². The zero-order valence-corrected chi connectivity index (χ0v) is 18.7. The molecule has 0 spiro atoms. The van der Waals surface area contributed by atoms with Gasteiger partial charge in [-0.1, -0.05) is 36.4 Å². The summed E-state index contributed by atoms with van der Waals surface area (Å²) in [6, 6.07) is 18.3. The lowest BCUT2D eigenvalue weighted by atomic mass is 10.1. The number of anilines is 1. The number of imide groups is 1. The number of sulfonamides is 1. The summed E-state index contributed by atoms with van der Waals surface area (Å²) in [5, 5.41) is 10.6. The summed E-state index contributed by atoms with van der Waals surface area (Å²) >= 11 is 1.06. The van der Waals surface area contributed by atoms with E-state index in [1.165, 1.54) is 30.3 Å². The Hall–Kier alpha value is -3.32. The first-order valence-electron chi connectivity index (χ1n) is 9.83. The van der Waals surface area contributed by atoms with E-state index in [1.54, 1.807) is 42.6 Å². The largest absolute Gasteiger partial charge is 0.274 e. The van der Waals surface area contributed by atoms with Crippen molar-refractivity contribution in [2.75, 3.05) is 4.90 Å². The van der Waals surface area contributed by atoms with Crippen LogP contribution in [0.1, 0.15) is 30.5 Å². The van der Waals surface area contributed by atoms with Gasteiger partial charge in [0.05, 0.1) is 23.7 Å². The van der Waals surface area contributed by atoms with Crippen LogP contribution in [0.2, 0.25) is 0 Å². The van der Waals surface area contributed by atoms with Crippen LogP contribution in [0, 0.1) is 11.3 Å². The minimum Gasteiger partial charge on any atom is -0.274 e. The van der Waals surface area contributed by atoms with Gasteiger partial charge in [-0.15, -0.1) is 11.3 Å². The maximum atomic E-state index is 13.6. The van der Waals surface area contributed by atoms with Crippen molar-refractivity contribution >= 4 is 38.9 Å².